The first-order valence-corrected chi connectivity index (χ1v) is 4.81. The fraction of sp³-hybridized carbons (Fsp3) is 0.333. The maximum atomic E-state index is 13.3. The van der Waals surface area contributed by atoms with Crippen molar-refractivity contribution >= 4 is 15.9 Å². The molecule has 15 heavy (non-hydrogen) atoms. The molecule has 0 saturated heterocycles. The number of pyridine rings is 1. The van der Waals surface area contributed by atoms with E-state index in [1.165, 1.54) is 12.1 Å². The third-order valence-corrected chi connectivity index (χ3v) is 1.98. The second kappa shape index (κ2) is 5.14. The van der Waals surface area contributed by atoms with E-state index in [9.17, 15) is 8.78 Å². The minimum absolute atomic E-state index is 0.333. The van der Waals surface area contributed by atoms with Crippen molar-refractivity contribution in [1.82, 2.24) is 4.98 Å². The topological polar surface area (TPSA) is 45.9 Å². The standard InChI is InChI=1S/C9H7BrF2N2O/c10-8-3-1-2-7(14-8)9(11,12)6-15-5-4-13/h1-3H,5-6H2. The van der Waals surface area contributed by atoms with Crippen LogP contribution in [0.15, 0.2) is 22.8 Å². The SMILES string of the molecule is N#CCOCC(F)(F)c1cccc(Br)n1. The molecule has 0 saturated carbocycles. The first kappa shape index (κ1) is 12.0. The molecule has 0 radical (unpaired) electrons. The molecule has 3 nitrogen and oxygen atoms in total. The quantitative estimate of drug-likeness (QED) is 0.627. The molecule has 0 bridgehead atoms. The van der Waals surface area contributed by atoms with Crippen LogP contribution < -0.4 is 0 Å². The highest BCUT2D eigenvalue weighted by atomic mass is 79.9. The second-order valence-corrected chi connectivity index (χ2v) is 3.51. The largest absolute Gasteiger partial charge is 0.360 e. The normalized spacial score (nSPS) is 11.1. The van der Waals surface area contributed by atoms with Crippen molar-refractivity contribution in [2.45, 2.75) is 5.92 Å². The lowest BCUT2D eigenvalue weighted by Crippen LogP contribution is -2.22. The van der Waals surface area contributed by atoms with Crippen LogP contribution in [0.5, 0.6) is 0 Å². The summed E-state index contributed by atoms with van der Waals surface area (Å²) in [6, 6.07) is 5.84. The highest BCUT2D eigenvalue weighted by molar-refractivity contribution is 9.10. The summed E-state index contributed by atoms with van der Waals surface area (Å²) in [6.45, 7) is -1.20. The van der Waals surface area contributed by atoms with Crippen LogP contribution in [0.2, 0.25) is 0 Å². The molecular weight excluding hydrogens is 270 g/mol. The number of nitriles is 1. The smallest absolute Gasteiger partial charge is 0.312 e. The van der Waals surface area contributed by atoms with Gasteiger partial charge in [-0.3, -0.25) is 0 Å². The van der Waals surface area contributed by atoms with E-state index in [0.717, 1.165) is 0 Å². The van der Waals surface area contributed by atoms with Gasteiger partial charge in [-0.15, -0.1) is 0 Å². The molecule has 0 aliphatic rings. The minimum atomic E-state index is -3.18. The first-order valence-electron chi connectivity index (χ1n) is 4.02. The molecule has 1 heterocycles. The van der Waals surface area contributed by atoms with Crippen molar-refractivity contribution < 1.29 is 13.5 Å². The minimum Gasteiger partial charge on any atom is -0.360 e. The summed E-state index contributed by atoms with van der Waals surface area (Å²) in [5.74, 6) is -3.18. The van der Waals surface area contributed by atoms with Gasteiger partial charge in [-0.05, 0) is 28.1 Å². The second-order valence-electron chi connectivity index (χ2n) is 2.70. The maximum absolute atomic E-state index is 13.3. The maximum Gasteiger partial charge on any atom is 0.312 e. The Balaban J connectivity index is 2.73. The van der Waals surface area contributed by atoms with E-state index in [1.807, 2.05) is 0 Å². The number of halogens is 3. The van der Waals surface area contributed by atoms with Gasteiger partial charge >= 0.3 is 5.92 Å². The number of alkyl halides is 2. The van der Waals surface area contributed by atoms with E-state index in [2.05, 4.69) is 25.7 Å². The van der Waals surface area contributed by atoms with Crippen molar-refractivity contribution in [1.29, 1.82) is 5.26 Å². The predicted molar refractivity (Wildman–Crippen MR) is 52.3 cm³/mol. The van der Waals surface area contributed by atoms with Gasteiger partial charge in [0, 0.05) is 0 Å². The van der Waals surface area contributed by atoms with Gasteiger partial charge in [0.05, 0.1) is 6.07 Å². The molecule has 1 aromatic heterocycles. The molecule has 1 rings (SSSR count). The zero-order valence-corrected chi connectivity index (χ0v) is 9.17. The van der Waals surface area contributed by atoms with E-state index in [4.69, 9.17) is 5.26 Å². The Kier molecular flexibility index (Phi) is 4.12. The summed E-state index contributed by atoms with van der Waals surface area (Å²) in [4.78, 5) is 3.63. The average molecular weight is 277 g/mol. The Bertz CT molecular complexity index is 379. The zero-order chi connectivity index (χ0) is 11.3. The molecule has 0 aliphatic heterocycles. The molecule has 0 unspecified atom stereocenters. The molecule has 80 valence electrons. The van der Waals surface area contributed by atoms with Gasteiger partial charge in [0.15, 0.2) is 0 Å². The van der Waals surface area contributed by atoms with Crippen molar-refractivity contribution in [3.63, 3.8) is 0 Å². The van der Waals surface area contributed by atoms with E-state index in [-0.39, 0.29) is 12.3 Å². The van der Waals surface area contributed by atoms with Crippen LogP contribution in [0.3, 0.4) is 0 Å². The molecule has 6 heteroatoms. The number of rotatable bonds is 4. The monoisotopic (exact) mass is 276 g/mol. The number of aromatic nitrogens is 1. The molecule has 0 aliphatic carbocycles. The van der Waals surface area contributed by atoms with Gasteiger partial charge in [0.2, 0.25) is 0 Å². The number of ether oxygens (including phenoxy) is 1. The van der Waals surface area contributed by atoms with E-state index >= 15 is 0 Å². The van der Waals surface area contributed by atoms with Crippen LogP contribution in [0, 0.1) is 11.3 Å². The van der Waals surface area contributed by atoms with Crippen LogP contribution in [0.4, 0.5) is 8.78 Å². The number of hydrogen-bond donors (Lipinski definition) is 0. The molecule has 0 fully saturated rings. The van der Waals surface area contributed by atoms with Gasteiger partial charge in [-0.2, -0.15) is 14.0 Å². The van der Waals surface area contributed by atoms with Crippen molar-refractivity contribution in [2.75, 3.05) is 13.2 Å². The van der Waals surface area contributed by atoms with Crippen molar-refractivity contribution in [2.24, 2.45) is 0 Å². The van der Waals surface area contributed by atoms with Gasteiger partial charge < -0.3 is 4.74 Å². The fourth-order valence-corrected chi connectivity index (χ4v) is 1.25. The van der Waals surface area contributed by atoms with E-state index < -0.39 is 12.5 Å². The summed E-state index contributed by atoms with van der Waals surface area (Å²) in [6.07, 6.45) is 0. The number of nitrogens with zero attached hydrogens (tertiary/aromatic N) is 2. The molecular formula is C9H7BrF2N2O. The Labute approximate surface area is 93.8 Å². The highest BCUT2D eigenvalue weighted by Gasteiger charge is 2.33. The summed E-state index contributed by atoms with van der Waals surface area (Å²) < 4.78 is 31.5. The van der Waals surface area contributed by atoms with E-state index in [1.54, 1.807) is 12.1 Å². The van der Waals surface area contributed by atoms with Gasteiger partial charge in [0.25, 0.3) is 0 Å². The van der Waals surface area contributed by atoms with Gasteiger partial charge in [-0.25, -0.2) is 4.98 Å². The Morgan fingerprint density at radius 1 is 1.53 bits per heavy atom. The highest BCUT2D eigenvalue weighted by Crippen LogP contribution is 2.27. The summed E-state index contributed by atoms with van der Waals surface area (Å²) in [5, 5.41) is 8.13. The van der Waals surface area contributed by atoms with Crippen molar-refractivity contribution in [3.05, 3.63) is 28.5 Å². The van der Waals surface area contributed by atoms with Gasteiger partial charge in [0.1, 0.15) is 23.5 Å². The first-order chi connectivity index (χ1) is 7.06. The van der Waals surface area contributed by atoms with Crippen LogP contribution >= 0.6 is 15.9 Å². The molecule has 0 amide bonds. The van der Waals surface area contributed by atoms with Crippen LogP contribution in [0.25, 0.3) is 0 Å². The lowest BCUT2D eigenvalue weighted by Gasteiger charge is -2.14. The summed E-state index contributed by atoms with van der Waals surface area (Å²) in [5.41, 5.74) is -0.380. The fourth-order valence-electron chi connectivity index (χ4n) is 0.911. The lowest BCUT2D eigenvalue weighted by molar-refractivity contribution is -0.0796. The van der Waals surface area contributed by atoms with Crippen molar-refractivity contribution in [3.8, 4) is 6.07 Å². The molecule has 0 atom stereocenters. The average Bonchev–Trinajstić information content (AvgIpc) is 2.18. The summed E-state index contributed by atoms with van der Waals surface area (Å²) in [7, 11) is 0. The number of hydrogen-bond acceptors (Lipinski definition) is 3. The third-order valence-electron chi connectivity index (χ3n) is 1.54. The molecule has 0 N–H and O–H groups in total. The van der Waals surface area contributed by atoms with E-state index in [0.29, 0.717) is 4.60 Å². The molecule has 0 aromatic carbocycles. The van der Waals surface area contributed by atoms with Gasteiger partial charge in [-0.1, -0.05) is 6.07 Å². The Morgan fingerprint density at radius 3 is 2.87 bits per heavy atom. The van der Waals surface area contributed by atoms with Crippen LogP contribution in [0.1, 0.15) is 5.69 Å². The third kappa shape index (κ3) is 3.53. The lowest BCUT2D eigenvalue weighted by atomic mass is 10.2. The van der Waals surface area contributed by atoms with Crippen LogP contribution in [-0.2, 0) is 10.7 Å². The zero-order valence-electron chi connectivity index (χ0n) is 7.58. The van der Waals surface area contributed by atoms with Crippen LogP contribution in [-0.4, -0.2) is 18.2 Å². The predicted octanol–water partition coefficient (Wildman–Crippen LogP) is 2.48. The Morgan fingerprint density at radius 2 is 2.27 bits per heavy atom. The Hall–Kier alpha value is -1.06. The molecule has 0 spiro atoms. The summed E-state index contributed by atoms with van der Waals surface area (Å²) >= 11 is 3.00. The molecule has 1 aromatic rings.